The van der Waals surface area contributed by atoms with E-state index < -0.39 is 5.60 Å². The molecule has 38 heavy (non-hydrogen) atoms. The van der Waals surface area contributed by atoms with E-state index in [-0.39, 0.29) is 5.92 Å². The van der Waals surface area contributed by atoms with Crippen LogP contribution >= 0.6 is 15.9 Å². The van der Waals surface area contributed by atoms with Gasteiger partial charge < -0.3 is 14.7 Å². The van der Waals surface area contributed by atoms with Gasteiger partial charge >= 0.3 is 0 Å². The highest BCUT2D eigenvalue weighted by Crippen LogP contribution is 2.54. The van der Waals surface area contributed by atoms with Crippen LogP contribution in [-0.4, -0.2) is 35.6 Å². The Labute approximate surface area is 231 Å². The van der Waals surface area contributed by atoms with E-state index in [1.54, 1.807) is 0 Å². The summed E-state index contributed by atoms with van der Waals surface area (Å²) in [5, 5.41) is 16.5. The first kappa shape index (κ1) is 23.8. The lowest BCUT2D eigenvalue weighted by atomic mass is 9.70. The van der Waals surface area contributed by atoms with Crippen LogP contribution in [0.5, 0.6) is 11.6 Å². The maximum atomic E-state index is 13.2. The van der Waals surface area contributed by atoms with Crippen LogP contribution < -0.4 is 4.74 Å². The molecule has 2 bridgehead atoms. The summed E-state index contributed by atoms with van der Waals surface area (Å²) in [4.78, 5) is 7.20. The quantitative estimate of drug-likeness (QED) is 0.248. The minimum Gasteiger partial charge on any atom is -0.438 e. The Bertz CT molecular complexity index is 1720. The van der Waals surface area contributed by atoms with Crippen molar-refractivity contribution in [2.45, 2.75) is 30.8 Å². The number of fused-ring (bicyclic) bond motifs is 6. The van der Waals surface area contributed by atoms with Gasteiger partial charge in [-0.1, -0.05) is 64.5 Å². The standard InChI is InChI=1S/C33H29BrN2O2/c1-36(2)16-15-33(37)27-19-29(25-13-11-20-9-6-10-24(27)30(20)25)38-32-26(31(33)21-7-4-3-5-8-21)18-22-17-23(34)12-14-28(22)35-32/h3-10,12,14,17-19,31,37H,11,13,15-16H2,1-2H3. The summed E-state index contributed by atoms with van der Waals surface area (Å²) >= 11 is 3.63. The van der Waals surface area contributed by atoms with E-state index in [4.69, 9.17) is 9.72 Å². The highest BCUT2D eigenvalue weighted by molar-refractivity contribution is 9.10. The summed E-state index contributed by atoms with van der Waals surface area (Å²) in [5.41, 5.74) is 5.11. The zero-order valence-electron chi connectivity index (χ0n) is 21.5. The second-order valence-electron chi connectivity index (χ2n) is 10.9. The zero-order chi connectivity index (χ0) is 26.0. The highest BCUT2D eigenvalue weighted by Gasteiger charge is 2.45. The first-order valence-electron chi connectivity index (χ1n) is 13.2. The Kier molecular flexibility index (Phi) is 5.59. The lowest BCUT2D eigenvalue weighted by molar-refractivity contribution is 0.00439. The largest absolute Gasteiger partial charge is 0.438 e. The summed E-state index contributed by atoms with van der Waals surface area (Å²) in [5.74, 6) is 1.01. The maximum absolute atomic E-state index is 13.2. The van der Waals surface area contributed by atoms with E-state index in [1.165, 1.54) is 16.5 Å². The molecule has 1 aliphatic carbocycles. The lowest BCUT2D eigenvalue weighted by Crippen LogP contribution is -2.38. The Morgan fingerprint density at radius 2 is 1.84 bits per heavy atom. The van der Waals surface area contributed by atoms with Crippen molar-refractivity contribution in [2.24, 2.45) is 0 Å². The Morgan fingerprint density at radius 3 is 2.66 bits per heavy atom. The summed E-state index contributed by atoms with van der Waals surface area (Å²) < 4.78 is 7.76. The van der Waals surface area contributed by atoms with Crippen molar-refractivity contribution >= 4 is 37.6 Å². The van der Waals surface area contributed by atoms with Crippen LogP contribution in [0.15, 0.2) is 83.3 Å². The Hall–Kier alpha value is -3.25. The molecule has 0 saturated carbocycles. The van der Waals surface area contributed by atoms with Crippen LogP contribution in [0.1, 0.15) is 40.2 Å². The Balaban J connectivity index is 1.61. The highest BCUT2D eigenvalue weighted by atomic mass is 79.9. The third kappa shape index (κ3) is 3.68. The molecular weight excluding hydrogens is 536 g/mol. The van der Waals surface area contributed by atoms with Gasteiger partial charge in [-0.05, 0) is 91.2 Å². The van der Waals surface area contributed by atoms with E-state index in [0.717, 1.165) is 62.6 Å². The summed E-state index contributed by atoms with van der Waals surface area (Å²) in [6.45, 7) is 0.737. The summed E-state index contributed by atoms with van der Waals surface area (Å²) in [6.07, 6.45) is 2.48. The van der Waals surface area contributed by atoms with Gasteiger partial charge in [-0.2, -0.15) is 0 Å². The molecule has 2 aliphatic rings. The smallest absolute Gasteiger partial charge is 0.223 e. The topological polar surface area (TPSA) is 45.6 Å². The van der Waals surface area contributed by atoms with Gasteiger partial charge in [0.1, 0.15) is 11.4 Å². The van der Waals surface area contributed by atoms with Crippen LogP contribution in [-0.2, 0) is 18.4 Å². The number of rotatable bonds is 4. The molecule has 1 aromatic heterocycles. The van der Waals surface area contributed by atoms with Gasteiger partial charge in [0.25, 0.3) is 0 Å². The molecule has 1 aliphatic heterocycles. The molecule has 0 spiro atoms. The Morgan fingerprint density at radius 1 is 1.00 bits per heavy atom. The third-order valence-electron chi connectivity index (χ3n) is 8.26. The minimum absolute atomic E-state index is 0.374. The second kappa shape index (κ2) is 8.91. The van der Waals surface area contributed by atoms with Crippen molar-refractivity contribution in [3.05, 3.63) is 111 Å². The first-order chi connectivity index (χ1) is 18.4. The molecule has 1 N–H and O–H groups in total. The SMILES string of the molecule is CN(C)CCC1(O)c2cc(c3c4c(cccc24)CC3)Oc2nc3ccc(Br)cc3cc2C1c1ccccc1. The van der Waals surface area contributed by atoms with Gasteiger partial charge in [0.2, 0.25) is 5.88 Å². The summed E-state index contributed by atoms with van der Waals surface area (Å²) in [6, 6.07) is 27.2. The number of nitrogens with zero attached hydrogens (tertiary/aromatic N) is 2. The molecule has 2 atom stereocenters. The van der Waals surface area contributed by atoms with E-state index >= 15 is 0 Å². The van der Waals surface area contributed by atoms with Gasteiger partial charge in [-0.3, -0.25) is 0 Å². The number of aryl methyl sites for hydroxylation is 2. The molecule has 0 saturated heterocycles. The van der Waals surface area contributed by atoms with Crippen LogP contribution in [0.2, 0.25) is 0 Å². The van der Waals surface area contributed by atoms with Gasteiger partial charge in [0.15, 0.2) is 0 Å². The number of hydrogen-bond donors (Lipinski definition) is 1. The van der Waals surface area contributed by atoms with E-state index in [2.05, 4.69) is 83.5 Å². The number of benzene rings is 4. The number of aliphatic hydroxyl groups is 1. The van der Waals surface area contributed by atoms with E-state index in [1.807, 2.05) is 30.3 Å². The molecule has 0 radical (unpaired) electrons. The van der Waals surface area contributed by atoms with Crippen molar-refractivity contribution in [2.75, 3.05) is 20.6 Å². The average molecular weight is 566 g/mol. The van der Waals surface area contributed by atoms with Crippen molar-refractivity contribution in [1.29, 1.82) is 0 Å². The number of pyridine rings is 1. The average Bonchev–Trinajstić information content (AvgIpc) is 3.35. The van der Waals surface area contributed by atoms with Gasteiger partial charge in [0, 0.05) is 33.4 Å². The van der Waals surface area contributed by atoms with Crippen LogP contribution in [0.25, 0.3) is 21.7 Å². The predicted molar refractivity (Wildman–Crippen MR) is 156 cm³/mol. The van der Waals surface area contributed by atoms with Crippen molar-refractivity contribution in [3.8, 4) is 11.6 Å². The molecule has 4 nitrogen and oxygen atoms in total. The number of aromatic nitrogens is 1. The molecule has 0 fully saturated rings. The van der Waals surface area contributed by atoms with Crippen molar-refractivity contribution < 1.29 is 9.84 Å². The van der Waals surface area contributed by atoms with Crippen molar-refractivity contribution in [3.63, 3.8) is 0 Å². The zero-order valence-corrected chi connectivity index (χ0v) is 23.1. The summed E-state index contributed by atoms with van der Waals surface area (Å²) in [7, 11) is 4.12. The van der Waals surface area contributed by atoms with Gasteiger partial charge in [-0.25, -0.2) is 4.98 Å². The molecule has 7 rings (SSSR count). The molecule has 5 aromatic rings. The number of hydrogen-bond acceptors (Lipinski definition) is 4. The molecule has 4 aromatic carbocycles. The van der Waals surface area contributed by atoms with E-state index in [9.17, 15) is 5.11 Å². The van der Waals surface area contributed by atoms with Crippen molar-refractivity contribution in [1.82, 2.24) is 9.88 Å². The number of ether oxygens (including phenoxy) is 1. The van der Waals surface area contributed by atoms with Crippen LogP contribution in [0, 0.1) is 0 Å². The monoisotopic (exact) mass is 564 g/mol. The second-order valence-corrected chi connectivity index (χ2v) is 11.8. The molecular formula is C33H29BrN2O2. The molecule has 190 valence electrons. The maximum Gasteiger partial charge on any atom is 0.223 e. The molecule has 2 heterocycles. The van der Waals surface area contributed by atoms with Crippen LogP contribution in [0.3, 0.4) is 0 Å². The molecule has 0 amide bonds. The fourth-order valence-corrected chi connectivity index (χ4v) is 6.87. The number of halogens is 1. The molecule has 2 unspecified atom stereocenters. The first-order valence-corrected chi connectivity index (χ1v) is 14.0. The lowest BCUT2D eigenvalue weighted by Gasteiger charge is -2.41. The fraction of sp³-hybridized carbons (Fsp3) is 0.242. The van der Waals surface area contributed by atoms with E-state index in [0.29, 0.717) is 12.3 Å². The fourth-order valence-electron chi connectivity index (χ4n) is 6.49. The normalized spacial score (nSPS) is 19.9. The minimum atomic E-state index is -1.19. The van der Waals surface area contributed by atoms with Gasteiger partial charge in [0.05, 0.1) is 5.52 Å². The predicted octanol–water partition coefficient (Wildman–Crippen LogP) is 7.33. The molecule has 5 heteroatoms. The van der Waals surface area contributed by atoms with Gasteiger partial charge in [-0.15, -0.1) is 0 Å². The van der Waals surface area contributed by atoms with Crippen LogP contribution in [0.4, 0.5) is 0 Å². The third-order valence-corrected chi connectivity index (χ3v) is 8.76.